The molecule has 0 saturated heterocycles. The highest BCUT2D eigenvalue weighted by molar-refractivity contribution is 9.09. The molecule has 2 unspecified atom stereocenters. The number of carboxylic acids is 1. The molecule has 5 heteroatoms. The maximum Gasteiger partial charge on any atom is 0.335 e. The van der Waals surface area contributed by atoms with Gasteiger partial charge in [0.25, 0.3) is 0 Å². The molecule has 1 aliphatic carbocycles. The van der Waals surface area contributed by atoms with Crippen LogP contribution in [0.4, 0.5) is 0 Å². The van der Waals surface area contributed by atoms with Crippen molar-refractivity contribution in [2.75, 3.05) is 0 Å². The molecular formula is C13H13BrO4. The van der Waals surface area contributed by atoms with Gasteiger partial charge in [0.1, 0.15) is 6.10 Å². The minimum atomic E-state index is -0.942. The molecule has 0 radical (unpaired) electrons. The number of benzene rings is 1. The summed E-state index contributed by atoms with van der Waals surface area (Å²) in [5.74, 6) is -1.28. The Morgan fingerprint density at radius 3 is 2.78 bits per heavy atom. The summed E-state index contributed by atoms with van der Waals surface area (Å²) in [6.07, 6.45) is 1.26. The number of alkyl halides is 1. The van der Waals surface area contributed by atoms with E-state index >= 15 is 0 Å². The predicted molar refractivity (Wildman–Crippen MR) is 68.9 cm³/mol. The molecule has 0 aliphatic heterocycles. The van der Waals surface area contributed by atoms with Crippen LogP contribution in [0.5, 0.6) is 0 Å². The van der Waals surface area contributed by atoms with Crippen molar-refractivity contribution in [1.82, 2.24) is 0 Å². The molecule has 0 spiro atoms. The Kier molecular flexibility index (Phi) is 3.71. The lowest BCUT2D eigenvalue weighted by Crippen LogP contribution is -2.25. The van der Waals surface area contributed by atoms with Gasteiger partial charge in [-0.2, -0.15) is 0 Å². The van der Waals surface area contributed by atoms with Crippen molar-refractivity contribution in [3.05, 3.63) is 34.9 Å². The van der Waals surface area contributed by atoms with Gasteiger partial charge < -0.3 is 9.84 Å². The van der Waals surface area contributed by atoms with Crippen molar-refractivity contribution in [3.8, 4) is 0 Å². The van der Waals surface area contributed by atoms with Crippen molar-refractivity contribution in [2.24, 2.45) is 0 Å². The van der Waals surface area contributed by atoms with E-state index in [0.717, 1.165) is 24.0 Å². The first-order valence-corrected chi connectivity index (χ1v) is 6.58. The van der Waals surface area contributed by atoms with Gasteiger partial charge in [0.2, 0.25) is 0 Å². The number of carbonyl (C=O) groups excluding carboxylic acids is 1. The zero-order valence-corrected chi connectivity index (χ0v) is 11.4. The molecule has 0 saturated carbocycles. The molecule has 1 aromatic carbocycles. The Hall–Kier alpha value is -1.36. The van der Waals surface area contributed by atoms with Crippen molar-refractivity contribution >= 4 is 27.9 Å². The summed E-state index contributed by atoms with van der Waals surface area (Å²) in [5, 5.41) is 8.96. The summed E-state index contributed by atoms with van der Waals surface area (Å²) in [6.45, 7) is 1.37. The predicted octanol–water partition coefficient (Wildman–Crippen LogP) is 2.70. The van der Waals surface area contributed by atoms with E-state index in [4.69, 9.17) is 9.84 Å². The number of carbonyl (C=O) groups is 2. The molecule has 1 aliphatic rings. The standard InChI is InChI=1S/C13H13BrO4/c1-7(15)18-12-10-4-2-9(13(16)17)6-8(10)3-5-11(12)14/h2,4,6,11-12H,3,5H2,1H3,(H,16,17). The van der Waals surface area contributed by atoms with Gasteiger partial charge in [0.15, 0.2) is 0 Å². The third kappa shape index (κ3) is 2.56. The van der Waals surface area contributed by atoms with E-state index in [1.165, 1.54) is 6.92 Å². The van der Waals surface area contributed by atoms with Crippen LogP contribution in [0.15, 0.2) is 18.2 Å². The van der Waals surface area contributed by atoms with Crippen molar-refractivity contribution in [3.63, 3.8) is 0 Å². The van der Waals surface area contributed by atoms with E-state index in [-0.39, 0.29) is 22.5 Å². The fraction of sp³-hybridized carbons (Fsp3) is 0.385. The first kappa shape index (κ1) is 13.1. The summed E-state index contributed by atoms with van der Waals surface area (Å²) >= 11 is 3.51. The van der Waals surface area contributed by atoms with Gasteiger partial charge in [-0.3, -0.25) is 4.79 Å². The number of aromatic carboxylic acids is 1. The molecule has 96 valence electrons. The molecule has 0 fully saturated rings. The van der Waals surface area contributed by atoms with E-state index in [1.54, 1.807) is 18.2 Å². The molecule has 18 heavy (non-hydrogen) atoms. The Labute approximate surface area is 113 Å². The third-order valence-corrected chi connectivity index (χ3v) is 3.95. The molecule has 2 rings (SSSR count). The number of aryl methyl sites for hydroxylation is 1. The van der Waals surface area contributed by atoms with Gasteiger partial charge in [-0.05, 0) is 36.1 Å². The van der Waals surface area contributed by atoms with Gasteiger partial charge >= 0.3 is 11.9 Å². The summed E-state index contributed by atoms with van der Waals surface area (Å²) < 4.78 is 5.30. The number of ether oxygens (including phenoxy) is 1. The fourth-order valence-corrected chi connectivity index (χ4v) is 2.81. The second-order valence-corrected chi connectivity index (χ2v) is 5.48. The largest absolute Gasteiger partial charge is 0.478 e. The molecule has 2 atom stereocenters. The lowest BCUT2D eigenvalue weighted by atomic mass is 9.88. The molecule has 0 aromatic heterocycles. The quantitative estimate of drug-likeness (QED) is 0.673. The van der Waals surface area contributed by atoms with E-state index in [9.17, 15) is 9.59 Å². The van der Waals surface area contributed by atoms with E-state index in [2.05, 4.69) is 15.9 Å². The second kappa shape index (κ2) is 5.10. The number of esters is 1. The van der Waals surface area contributed by atoms with E-state index < -0.39 is 5.97 Å². The van der Waals surface area contributed by atoms with Gasteiger partial charge in [-0.25, -0.2) is 4.79 Å². The van der Waals surface area contributed by atoms with E-state index in [0.29, 0.717) is 0 Å². The summed E-state index contributed by atoms with van der Waals surface area (Å²) in [4.78, 5) is 22.1. The number of carboxylic acid groups (broad SMARTS) is 1. The van der Waals surface area contributed by atoms with E-state index in [1.807, 2.05) is 0 Å². The number of rotatable bonds is 2. The minimum Gasteiger partial charge on any atom is -0.478 e. The Bertz CT molecular complexity index is 498. The lowest BCUT2D eigenvalue weighted by molar-refractivity contribution is -0.147. The minimum absolute atomic E-state index is 0.0737. The van der Waals surface area contributed by atoms with Gasteiger partial charge in [0, 0.05) is 6.92 Å². The van der Waals surface area contributed by atoms with Gasteiger partial charge in [0.05, 0.1) is 10.4 Å². The first-order chi connectivity index (χ1) is 8.49. The zero-order valence-electron chi connectivity index (χ0n) is 9.85. The molecule has 0 amide bonds. The molecule has 0 heterocycles. The normalized spacial score (nSPS) is 22.1. The van der Waals surface area contributed by atoms with Crippen LogP contribution in [0.3, 0.4) is 0 Å². The number of hydrogen-bond acceptors (Lipinski definition) is 3. The van der Waals surface area contributed by atoms with Crippen LogP contribution in [0.1, 0.15) is 40.9 Å². The molecular weight excluding hydrogens is 300 g/mol. The van der Waals surface area contributed by atoms with Crippen molar-refractivity contribution in [1.29, 1.82) is 0 Å². The highest BCUT2D eigenvalue weighted by atomic mass is 79.9. The third-order valence-electron chi connectivity index (χ3n) is 3.01. The van der Waals surface area contributed by atoms with Crippen LogP contribution in [0.2, 0.25) is 0 Å². The number of halogens is 1. The van der Waals surface area contributed by atoms with Crippen LogP contribution in [-0.4, -0.2) is 21.9 Å². The first-order valence-electron chi connectivity index (χ1n) is 5.66. The van der Waals surface area contributed by atoms with Gasteiger partial charge in [-0.1, -0.05) is 22.0 Å². The van der Waals surface area contributed by atoms with Crippen LogP contribution >= 0.6 is 15.9 Å². The van der Waals surface area contributed by atoms with Crippen LogP contribution < -0.4 is 0 Å². The summed E-state index contributed by atoms with van der Waals surface area (Å²) in [5.41, 5.74) is 2.10. The number of hydrogen-bond donors (Lipinski definition) is 1. The Morgan fingerprint density at radius 1 is 1.44 bits per heavy atom. The SMILES string of the molecule is CC(=O)OC1c2ccc(C(=O)O)cc2CCC1Br. The van der Waals surface area contributed by atoms with Gasteiger partial charge in [-0.15, -0.1) is 0 Å². The van der Waals surface area contributed by atoms with Crippen molar-refractivity contribution < 1.29 is 19.4 Å². The van der Waals surface area contributed by atoms with Crippen LogP contribution in [-0.2, 0) is 16.0 Å². The van der Waals surface area contributed by atoms with Crippen LogP contribution in [0.25, 0.3) is 0 Å². The maximum absolute atomic E-state index is 11.1. The smallest absolute Gasteiger partial charge is 0.335 e. The maximum atomic E-state index is 11.1. The highest BCUT2D eigenvalue weighted by Crippen LogP contribution is 2.37. The van der Waals surface area contributed by atoms with Crippen LogP contribution in [0, 0.1) is 0 Å². The zero-order chi connectivity index (χ0) is 13.3. The molecule has 4 nitrogen and oxygen atoms in total. The molecule has 1 N–H and O–H groups in total. The highest BCUT2D eigenvalue weighted by Gasteiger charge is 2.30. The molecule has 0 bridgehead atoms. The fourth-order valence-electron chi connectivity index (χ4n) is 2.19. The summed E-state index contributed by atoms with van der Waals surface area (Å²) in [6, 6.07) is 4.94. The average Bonchev–Trinajstić information content (AvgIpc) is 2.31. The lowest BCUT2D eigenvalue weighted by Gasteiger charge is -2.29. The monoisotopic (exact) mass is 312 g/mol. The Morgan fingerprint density at radius 2 is 2.17 bits per heavy atom. The average molecular weight is 313 g/mol. The Balaban J connectivity index is 2.38. The topological polar surface area (TPSA) is 63.6 Å². The second-order valence-electron chi connectivity index (χ2n) is 4.30. The number of fused-ring (bicyclic) bond motifs is 1. The molecule has 1 aromatic rings. The summed E-state index contributed by atoms with van der Waals surface area (Å²) in [7, 11) is 0. The van der Waals surface area contributed by atoms with Crippen molar-refractivity contribution in [2.45, 2.75) is 30.7 Å².